The minimum Gasteiger partial charge on any atom is -0.309 e. The summed E-state index contributed by atoms with van der Waals surface area (Å²) in [6.07, 6.45) is 0. The second-order valence-corrected chi connectivity index (χ2v) is 14.9. The summed E-state index contributed by atoms with van der Waals surface area (Å²) in [5.41, 5.74) is 13.9. The highest BCUT2D eigenvalue weighted by atomic mass is 15.2. The van der Waals surface area contributed by atoms with E-state index in [2.05, 4.69) is 240 Å². The van der Waals surface area contributed by atoms with E-state index in [0.717, 1.165) is 33.8 Å². The molecule has 1 heterocycles. The van der Waals surface area contributed by atoms with E-state index in [1.807, 2.05) is 0 Å². The van der Waals surface area contributed by atoms with Crippen molar-refractivity contribution in [2.24, 2.45) is 0 Å². The minimum atomic E-state index is 1.08. The van der Waals surface area contributed by atoms with Crippen molar-refractivity contribution < 1.29 is 0 Å². The molecule has 10 aromatic carbocycles. The molecule has 0 atom stereocenters. The van der Waals surface area contributed by atoms with Crippen LogP contribution in [-0.4, -0.2) is 4.57 Å². The van der Waals surface area contributed by atoms with Gasteiger partial charge >= 0.3 is 0 Å². The van der Waals surface area contributed by atoms with Gasteiger partial charge in [0.2, 0.25) is 0 Å². The van der Waals surface area contributed by atoms with Crippen LogP contribution in [0.15, 0.2) is 231 Å². The van der Waals surface area contributed by atoms with Gasteiger partial charge in [-0.25, -0.2) is 0 Å². The largest absolute Gasteiger partial charge is 0.309 e. The zero-order chi connectivity index (χ0) is 38.4. The second kappa shape index (κ2) is 14.1. The molecular weight excluding hydrogens is 701 g/mol. The molecule has 58 heavy (non-hydrogen) atoms. The first kappa shape index (κ1) is 33.6. The van der Waals surface area contributed by atoms with Crippen LogP contribution in [0.25, 0.3) is 82.4 Å². The van der Waals surface area contributed by atoms with Gasteiger partial charge in [0, 0.05) is 27.7 Å². The van der Waals surface area contributed by atoms with Crippen LogP contribution in [0.5, 0.6) is 0 Å². The lowest BCUT2D eigenvalue weighted by atomic mass is 9.91. The van der Waals surface area contributed by atoms with E-state index in [4.69, 9.17) is 0 Å². The Kier molecular flexibility index (Phi) is 8.19. The summed E-state index contributed by atoms with van der Waals surface area (Å²) in [5, 5.41) is 7.33. The zero-order valence-corrected chi connectivity index (χ0v) is 31.8. The van der Waals surface area contributed by atoms with E-state index < -0.39 is 0 Å². The van der Waals surface area contributed by atoms with Crippen molar-refractivity contribution in [3.05, 3.63) is 231 Å². The highest BCUT2D eigenvalue weighted by Crippen LogP contribution is 2.48. The summed E-state index contributed by atoms with van der Waals surface area (Å²) in [6.45, 7) is 0. The van der Waals surface area contributed by atoms with Gasteiger partial charge in [-0.2, -0.15) is 0 Å². The summed E-state index contributed by atoms with van der Waals surface area (Å²) in [4.78, 5) is 2.49. The van der Waals surface area contributed by atoms with Gasteiger partial charge in [-0.3, -0.25) is 0 Å². The molecule has 0 fully saturated rings. The average Bonchev–Trinajstić information content (AvgIpc) is 3.64. The molecule has 2 nitrogen and oxygen atoms in total. The van der Waals surface area contributed by atoms with E-state index in [-0.39, 0.29) is 0 Å². The molecule has 1 aromatic heterocycles. The van der Waals surface area contributed by atoms with Crippen molar-refractivity contribution in [3.8, 4) is 39.1 Å². The van der Waals surface area contributed by atoms with Crippen molar-refractivity contribution >= 4 is 60.4 Å². The predicted octanol–water partition coefficient (Wildman–Crippen LogP) is 15.6. The number of hydrogen-bond acceptors (Lipinski definition) is 1. The molecule has 0 bridgehead atoms. The maximum absolute atomic E-state index is 2.49. The first-order valence-corrected chi connectivity index (χ1v) is 19.9. The summed E-state index contributed by atoms with van der Waals surface area (Å²) in [5.74, 6) is 0. The normalized spacial score (nSPS) is 11.4. The third-order valence-electron chi connectivity index (χ3n) is 11.5. The molecule has 11 aromatic rings. The molecule has 0 amide bonds. The molecule has 272 valence electrons. The lowest BCUT2D eigenvalue weighted by Crippen LogP contribution is -2.12. The molecule has 0 unspecified atom stereocenters. The van der Waals surface area contributed by atoms with Crippen molar-refractivity contribution in [2.75, 3.05) is 4.90 Å². The number of nitrogens with zero attached hydrogens (tertiary/aromatic N) is 2. The molecular formula is C56H38N2. The van der Waals surface area contributed by atoms with Gasteiger partial charge in [0.05, 0.1) is 22.4 Å². The maximum Gasteiger partial charge on any atom is 0.0562 e. The van der Waals surface area contributed by atoms with Gasteiger partial charge in [0.15, 0.2) is 0 Å². The van der Waals surface area contributed by atoms with Gasteiger partial charge in [0.1, 0.15) is 0 Å². The third kappa shape index (κ3) is 5.74. The number of anilines is 3. The van der Waals surface area contributed by atoms with Gasteiger partial charge in [0.25, 0.3) is 0 Å². The van der Waals surface area contributed by atoms with Crippen molar-refractivity contribution in [3.63, 3.8) is 0 Å². The summed E-state index contributed by atoms with van der Waals surface area (Å²) >= 11 is 0. The Morgan fingerprint density at radius 3 is 1.62 bits per heavy atom. The highest BCUT2D eigenvalue weighted by molar-refractivity contribution is 6.17. The summed E-state index contributed by atoms with van der Waals surface area (Å²) in [6, 6.07) is 83.9. The fourth-order valence-electron chi connectivity index (χ4n) is 8.86. The van der Waals surface area contributed by atoms with Crippen LogP contribution < -0.4 is 4.90 Å². The molecule has 0 radical (unpaired) electrons. The number of benzene rings is 10. The van der Waals surface area contributed by atoms with Crippen LogP contribution in [-0.2, 0) is 0 Å². The van der Waals surface area contributed by atoms with E-state index in [0.29, 0.717) is 0 Å². The van der Waals surface area contributed by atoms with Crippen LogP contribution in [0.3, 0.4) is 0 Å². The van der Waals surface area contributed by atoms with Gasteiger partial charge in [-0.05, 0) is 110 Å². The molecule has 0 spiro atoms. The molecule has 0 N–H and O–H groups in total. The van der Waals surface area contributed by atoms with Gasteiger partial charge in [-0.1, -0.05) is 170 Å². The molecule has 2 heteroatoms. The molecule has 0 aliphatic heterocycles. The Bertz CT molecular complexity index is 3290. The summed E-state index contributed by atoms with van der Waals surface area (Å²) < 4.78 is 2.40. The van der Waals surface area contributed by atoms with Crippen LogP contribution in [0.1, 0.15) is 0 Å². The fourth-order valence-corrected chi connectivity index (χ4v) is 8.86. The Morgan fingerprint density at radius 1 is 0.310 bits per heavy atom. The quantitative estimate of drug-likeness (QED) is 0.158. The predicted molar refractivity (Wildman–Crippen MR) is 247 cm³/mol. The topological polar surface area (TPSA) is 8.17 Å². The molecule has 0 aliphatic rings. The number of aromatic nitrogens is 1. The molecule has 0 aliphatic carbocycles. The van der Waals surface area contributed by atoms with Crippen molar-refractivity contribution in [1.29, 1.82) is 0 Å². The number of fused-ring (bicyclic) bond motifs is 5. The average molecular weight is 739 g/mol. The van der Waals surface area contributed by atoms with Crippen LogP contribution in [0.2, 0.25) is 0 Å². The van der Waals surface area contributed by atoms with E-state index in [1.165, 1.54) is 65.7 Å². The number of hydrogen-bond donors (Lipinski definition) is 0. The van der Waals surface area contributed by atoms with Crippen LogP contribution in [0, 0.1) is 0 Å². The SMILES string of the molecule is c1ccc(-c2ccccc2N(c2ccc(-c3ccc4ccccc4c3)c(-c3ccc4ccccc4c3)c2)c2cccc3c2c2ccccc2n3-c2ccccc2)cc1. The fraction of sp³-hybridized carbons (Fsp3) is 0. The highest BCUT2D eigenvalue weighted by Gasteiger charge is 2.24. The number of para-hydroxylation sites is 3. The van der Waals surface area contributed by atoms with E-state index in [9.17, 15) is 0 Å². The Balaban J connectivity index is 1.22. The lowest BCUT2D eigenvalue weighted by molar-refractivity contribution is 1.18. The van der Waals surface area contributed by atoms with Crippen molar-refractivity contribution in [1.82, 2.24) is 4.57 Å². The number of rotatable bonds is 7. The van der Waals surface area contributed by atoms with E-state index in [1.54, 1.807) is 0 Å². The Hall–Kier alpha value is -7.68. The minimum absolute atomic E-state index is 1.08. The molecule has 11 rings (SSSR count). The first-order valence-electron chi connectivity index (χ1n) is 19.9. The van der Waals surface area contributed by atoms with E-state index >= 15 is 0 Å². The standard InChI is InChI=1S/C56H38N2/c1-3-18-41(19-4-1)49-24-11-13-26-52(49)58(55-29-15-28-54-56(55)50-25-12-14-27-53(50)57(54)46-22-5-2-6-23-46)47-34-35-48(44-32-30-39-16-7-9-20-42(39)36-44)51(38-47)45-33-31-40-17-8-10-21-43(40)37-45/h1-38H. The lowest BCUT2D eigenvalue weighted by Gasteiger charge is -2.30. The molecule has 0 saturated carbocycles. The summed E-state index contributed by atoms with van der Waals surface area (Å²) in [7, 11) is 0. The molecule has 0 saturated heterocycles. The Morgan fingerprint density at radius 2 is 0.879 bits per heavy atom. The van der Waals surface area contributed by atoms with Crippen LogP contribution >= 0.6 is 0 Å². The van der Waals surface area contributed by atoms with Crippen LogP contribution in [0.4, 0.5) is 17.1 Å². The maximum atomic E-state index is 2.49. The third-order valence-corrected chi connectivity index (χ3v) is 11.5. The monoisotopic (exact) mass is 738 g/mol. The first-order chi connectivity index (χ1) is 28.8. The van der Waals surface area contributed by atoms with Crippen molar-refractivity contribution in [2.45, 2.75) is 0 Å². The van der Waals surface area contributed by atoms with Gasteiger partial charge in [-0.15, -0.1) is 0 Å². The smallest absolute Gasteiger partial charge is 0.0562 e. The van der Waals surface area contributed by atoms with Gasteiger partial charge < -0.3 is 9.47 Å². The second-order valence-electron chi connectivity index (χ2n) is 14.9. The zero-order valence-electron chi connectivity index (χ0n) is 31.8. The Labute approximate surface area is 338 Å².